The molecule has 3 aromatic rings. The number of pyridine rings is 1. The third kappa shape index (κ3) is 3.95. The lowest BCUT2D eigenvalue weighted by Gasteiger charge is -2.18. The van der Waals surface area contributed by atoms with Gasteiger partial charge in [0.15, 0.2) is 5.82 Å². The van der Waals surface area contributed by atoms with E-state index in [1.54, 1.807) is 17.1 Å². The van der Waals surface area contributed by atoms with E-state index in [0.29, 0.717) is 12.4 Å². The van der Waals surface area contributed by atoms with Gasteiger partial charge in [0, 0.05) is 44.8 Å². The smallest absolute Gasteiger partial charge is 0.319 e. The van der Waals surface area contributed by atoms with Crippen molar-refractivity contribution in [2.75, 3.05) is 24.3 Å². The lowest BCUT2D eigenvalue weighted by atomic mass is 10.2. The van der Waals surface area contributed by atoms with Gasteiger partial charge in [-0.05, 0) is 24.3 Å². The molecule has 25 heavy (non-hydrogen) atoms. The Morgan fingerprint density at radius 3 is 2.72 bits per heavy atom. The monoisotopic (exact) mass is 336 g/mol. The molecule has 7 heteroatoms. The Balaban J connectivity index is 1.68. The summed E-state index contributed by atoms with van der Waals surface area (Å²) in [5.74, 6) is 0.696. The molecule has 0 aliphatic heterocycles. The van der Waals surface area contributed by atoms with Crippen LogP contribution < -0.4 is 15.5 Å². The molecule has 3 rings (SSSR count). The van der Waals surface area contributed by atoms with Gasteiger partial charge in [0.25, 0.3) is 0 Å². The highest BCUT2D eigenvalue weighted by molar-refractivity contribution is 5.93. The van der Waals surface area contributed by atoms with E-state index in [-0.39, 0.29) is 6.03 Å². The van der Waals surface area contributed by atoms with Crippen LogP contribution in [0, 0.1) is 0 Å². The second-order valence-corrected chi connectivity index (χ2v) is 5.66. The molecule has 1 aromatic carbocycles. The Morgan fingerprint density at radius 2 is 1.96 bits per heavy atom. The van der Waals surface area contributed by atoms with Crippen molar-refractivity contribution in [3.63, 3.8) is 0 Å². The fourth-order valence-corrected chi connectivity index (χ4v) is 2.48. The number of hydrogen-bond donors (Lipinski definition) is 2. The number of nitrogens with zero attached hydrogens (tertiary/aromatic N) is 4. The van der Waals surface area contributed by atoms with Crippen molar-refractivity contribution in [1.82, 2.24) is 20.1 Å². The molecule has 0 radical (unpaired) electrons. The summed E-state index contributed by atoms with van der Waals surface area (Å²) in [6.45, 7) is 0.346. The van der Waals surface area contributed by atoms with Crippen LogP contribution in [0.3, 0.4) is 0 Å². The van der Waals surface area contributed by atoms with Crippen molar-refractivity contribution in [2.45, 2.75) is 6.54 Å². The van der Waals surface area contributed by atoms with Gasteiger partial charge in [0.2, 0.25) is 0 Å². The van der Waals surface area contributed by atoms with Gasteiger partial charge in [-0.2, -0.15) is 5.10 Å². The zero-order chi connectivity index (χ0) is 17.6. The van der Waals surface area contributed by atoms with E-state index in [9.17, 15) is 4.79 Å². The van der Waals surface area contributed by atoms with Crippen LogP contribution in [0.2, 0.25) is 0 Å². The SMILES string of the molecule is CN(C)c1ccccc1NC(=O)NCc1cccnc1-n1cccn1. The van der Waals surface area contributed by atoms with E-state index in [2.05, 4.69) is 20.7 Å². The predicted molar refractivity (Wildman–Crippen MR) is 98.0 cm³/mol. The van der Waals surface area contributed by atoms with Crippen LogP contribution >= 0.6 is 0 Å². The van der Waals surface area contributed by atoms with E-state index in [1.807, 2.05) is 67.7 Å². The molecule has 128 valence electrons. The van der Waals surface area contributed by atoms with Crippen LogP contribution in [-0.2, 0) is 6.54 Å². The first-order valence-electron chi connectivity index (χ1n) is 7.90. The molecule has 2 heterocycles. The van der Waals surface area contributed by atoms with Crippen LogP contribution in [0.15, 0.2) is 61.1 Å². The molecule has 0 aliphatic rings. The van der Waals surface area contributed by atoms with Gasteiger partial charge in [0.05, 0.1) is 11.4 Å². The van der Waals surface area contributed by atoms with Crippen LogP contribution in [-0.4, -0.2) is 34.9 Å². The number of nitrogens with one attached hydrogen (secondary N) is 2. The number of urea groups is 1. The maximum Gasteiger partial charge on any atom is 0.319 e. The Morgan fingerprint density at radius 1 is 1.12 bits per heavy atom. The van der Waals surface area contributed by atoms with Gasteiger partial charge in [-0.25, -0.2) is 14.5 Å². The van der Waals surface area contributed by atoms with Crippen LogP contribution in [0.25, 0.3) is 5.82 Å². The molecule has 0 unspecified atom stereocenters. The van der Waals surface area contributed by atoms with Crippen LogP contribution in [0.4, 0.5) is 16.2 Å². The quantitative estimate of drug-likeness (QED) is 0.751. The number of aromatic nitrogens is 3. The number of carbonyl (C=O) groups excluding carboxylic acids is 1. The largest absolute Gasteiger partial charge is 0.376 e. The molecule has 0 fully saturated rings. The number of anilines is 2. The molecule has 0 saturated heterocycles. The van der Waals surface area contributed by atoms with Crippen molar-refractivity contribution in [1.29, 1.82) is 0 Å². The standard InChI is InChI=1S/C18H20N6O/c1-23(2)16-9-4-3-8-15(16)22-18(25)20-13-14-7-5-10-19-17(14)24-12-6-11-21-24/h3-12H,13H2,1-2H3,(H2,20,22,25). The molecular weight excluding hydrogens is 316 g/mol. The Hall–Kier alpha value is -3.35. The van der Waals surface area contributed by atoms with E-state index < -0.39 is 0 Å². The lowest BCUT2D eigenvalue weighted by Crippen LogP contribution is -2.29. The number of hydrogen-bond acceptors (Lipinski definition) is 4. The van der Waals surface area contributed by atoms with Gasteiger partial charge in [-0.15, -0.1) is 0 Å². The average Bonchev–Trinajstić information content (AvgIpc) is 3.15. The highest BCUT2D eigenvalue weighted by Crippen LogP contribution is 2.23. The predicted octanol–water partition coefficient (Wildman–Crippen LogP) is 2.66. The van der Waals surface area contributed by atoms with Gasteiger partial charge in [0.1, 0.15) is 0 Å². The minimum atomic E-state index is -0.274. The van der Waals surface area contributed by atoms with Crippen molar-refractivity contribution in [3.05, 3.63) is 66.6 Å². The molecule has 0 saturated carbocycles. The van der Waals surface area contributed by atoms with Gasteiger partial charge >= 0.3 is 6.03 Å². The summed E-state index contributed by atoms with van der Waals surface area (Å²) in [7, 11) is 3.87. The third-order valence-electron chi connectivity index (χ3n) is 3.66. The van der Waals surface area contributed by atoms with Crippen molar-refractivity contribution in [3.8, 4) is 5.82 Å². The van der Waals surface area contributed by atoms with Gasteiger partial charge < -0.3 is 15.5 Å². The number of benzene rings is 1. The maximum absolute atomic E-state index is 12.3. The number of rotatable bonds is 5. The molecule has 0 bridgehead atoms. The fourth-order valence-electron chi connectivity index (χ4n) is 2.48. The normalized spacial score (nSPS) is 10.3. The number of amides is 2. The van der Waals surface area contributed by atoms with E-state index >= 15 is 0 Å². The third-order valence-corrected chi connectivity index (χ3v) is 3.66. The van der Waals surface area contributed by atoms with E-state index in [0.717, 1.165) is 16.9 Å². The highest BCUT2D eigenvalue weighted by atomic mass is 16.2. The first kappa shape index (κ1) is 16.5. The van der Waals surface area contributed by atoms with Crippen molar-refractivity contribution >= 4 is 17.4 Å². The number of para-hydroxylation sites is 2. The summed E-state index contributed by atoms with van der Waals surface area (Å²) in [6.07, 6.45) is 5.21. The Labute approximate surface area is 146 Å². The second-order valence-electron chi connectivity index (χ2n) is 5.66. The molecule has 2 aromatic heterocycles. The zero-order valence-electron chi connectivity index (χ0n) is 14.2. The average molecular weight is 336 g/mol. The molecule has 0 spiro atoms. The van der Waals surface area contributed by atoms with Crippen molar-refractivity contribution in [2.24, 2.45) is 0 Å². The maximum atomic E-state index is 12.3. The van der Waals surface area contributed by atoms with Crippen molar-refractivity contribution < 1.29 is 4.79 Å². The minimum Gasteiger partial charge on any atom is -0.376 e. The summed E-state index contributed by atoms with van der Waals surface area (Å²) < 4.78 is 1.68. The Kier molecular flexibility index (Phi) is 4.94. The lowest BCUT2D eigenvalue weighted by molar-refractivity contribution is 0.251. The van der Waals surface area contributed by atoms with E-state index in [4.69, 9.17) is 0 Å². The fraction of sp³-hybridized carbons (Fsp3) is 0.167. The summed E-state index contributed by atoms with van der Waals surface area (Å²) >= 11 is 0. The first-order chi connectivity index (χ1) is 12.1. The van der Waals surface area contributed by atoms with E-state index in [1.165, 1.54) is 0 Å². The zero-order valence-corrected chi connectivity index (χ0v) is 14.2. The molecule has 2 N–H and O–H groups in total. The molecular formula is C18H20N6O. The first-order valence-corrected chi connectivity index (χ1v) is 7.90. The summed E-state index contributed by atoms with van der Waals surface area (Å²) in [4.78, 5) is 18.6. The molecule has 0 atom stereocenters. The van der Waals surface area contributed by atoms with Crippen LogP contribution in [0.5, 0.6) is 0 Å². The summed E-state index contributed by atoms with van der Waals surface area (Å²) in [5.41, 5.74) is 2.57. The number of carbonyl (C=O) groups is 1. The van der Waals surface area contributed by atoms with Gasteiger partial charge in [-0.1, -0.05) is 18.2 Å². The molecule has 0 aliphatic carbocycles. The molecule has 2 amide bonds. The highest BCUT2D eigenvalue weighted by Gasteiger charge is 2.10. The van der Waals surface area contributed by atoms with Crippen LogP contribution in [0.1, 0.15) is 5.56 Å². The second kappa shape index (κ2) is 7.48. The van der Waals surface area contributed by atoms with Gasteiger partial charge in [-0.3, -0.25) is 0 Å². The molecule has 7 nitrogen and oxygen atoms in total. The minimum absolute atomic E-state index is 0.274. The Bertz CT molecular complexity index is 844. The topological polar surface area (TPSA) is 75.1 Å². The summed E-state index contributed by atoms with van der Waals surface area (Å²) in [6, 6.07) is 13.0. The summed E-state index contributed by atoms with van der Waals surface area (Å²) in [5, 5.41) is 9.94.